The van der Waals surface area contributed by atoms with Gasteiger partial charge in [0.05, 0.1) is 6.54 Å². The maximum absolute atomic E-state index is 12.0. The van der Waals surface area contributed by atoms with Gasteiger partial charge >= 0.3 is 5.95 Å². The highest BCUT2D eigenvalue weighted by Crippen LogP contribution is 2.08. The lowest BCUT2D eigenvalue weighted by Crippen LogP contribution is -2.07. The third-order valence-electron chi connectivity index (χ3n) is 1.47. The van der Waals surface area contributed by atoms with E-state index >= 15 is 0 Å². The Morgan fingerprint density at radius 2 is 2.54 bits per heavy atom. The second-order valence-corrected chi connectivity index (χ2v) is 2.40. The van der Waals surface area contributed by atoms with Crippen LogP contribution in [0.15, 0.2) is 12.4 Å². The van der Waals surface area contributed by atoms with Gasteiger partial charge in [0.15, 0.2) is 6.36 Å². The van der Waals surface area contributed by atoms with E-state index in [1.807, 2.05) is 0 Å². The van der Waals surface area contributed by atoms with Gasteiger partial charge < -0.3 is 15.2 Å². The van der Waals surface area contributed by atoms with E-state index in [0.29, 0.717) is 0 Å². The molecule has 0 radical (unpaired) electrons. The first-order chi connectivity index (χ1) is 6.11. The molecule has 0 spiro atoms. The summed E-state index contributed by atoms with van der Waals surface area (Å²) in [6, 6.07) is 0. The minimum absolute atomic E-state index is 0.0357. The highest BCUT2D eigenvalue weighted by molar-refractivity contribution is 5.06. The number of imidazole rings is 1. The van der Waals surface area contributed by atoms with Crippen molar-refractivity contribution < 1.29 is 14.4 Å². The maximum Gasteiger partial charge on any atom is 0.434 e. The van der Waals surface area contributed by atoms with Crippen molar-refractivity contribution in [3.63, 3.8) is 0 Å². The summed E-state index contributed by atoms with van der Waals surface area (Å²) in [4.78, 5) is 13.1. The van der Waals surface area contributed by atoms with Crippen molar-refractivity contribution in [3.8, 4) is 0 Å². The molecule has 0 aromatic carbocycles. The smallest absolute Gasteiger partial charge is 0.390 e. The van der Waals surface area contributed by atoms with Crippen molar-refractivity contribution in [2.24, 2.45) is 0 Å². The number of hydrogen-bond donors (Lipinski definition) is 1. The number of aliphatic hydroxyl groups is 1. The fraction of sp³-hybridized carbons (Fsp3) is 0.500. The van der Waals surface area contributed by atoms with Crippen LogP contribution in [0.2, 0.25) is 0 Å². The summed E-state index contributed by atoms with van der Waals surface area (Å²) in [5, 5.41) is 18.6. The average molecular weight is 188 g/mol. The van der Waals surface area contributed by atoms with Crippen LogP contribution in [-0.2, 0) is 6.54 Å². The number of aliphatic hydroxyl groups excluding tert-OH is 1. The van der Waals surface area contributed by atoms with Gasteiger partial charge in [-0.25, -0.2) is 8.96 Å². The Bertz CT molecular complexity index is 299. The summed E-state index contributed by atoms with van der Waals surface area (Å²) in [7, 11) is 0. The average Bonchev–Trinajstić information content (AvgIpc) is 2.47. The molecule has 13 heavy (non-hydrogen) atoms. The Labute approximate surface area is 72.8 Å². The van der Waals surface area contributed by atoms with Crippen LogP contribution >= 0.6 is 0 Å². The molecule has 0 aliphatic heterocycles. The molecule has 1 aromatic heterocycles. The van der Waals surface area contributed by atoms with Crippen molar-refractivity contribution in [2.75, 3.05) is 0 Å². The predicted molar refractivity (Wildman–Crippen MR) is 40.6 cm³/mol. The van der Waals surface area contributed by atoms with Crippen LogP contribution < -0.4 is 0 Å². The van der Waals surface area contributed by atoms with Crippen LogP contribution in [0.4, 0.5) is 10.3 Å². The van der Waals surface area contributed by atoms with E-state index in [9.17, 15) is 14.5 Å². The SMILES string of the molecule is O=[N+]([O-])c1nccn1CCC(O)[18F]. The van der Waals surface area contributed by atoms with Gasteiger partial charge in [-0.15, -0.1) is 0 Å². The van der Waals surface area contributed by atoms with Crippen LogP contribution in [-0.4, -0.2) is 25.9 Å². The lowest BCUT2D eigenvalue weighted by Gasteiger charge is -2.01. The van der Waals surface area contributed by atoms with E-state index in [1.165, 1.54) is 17.0 Å². The van der Waals surface area contributed by atoms with Gasteiger partial charge in [0.2, 0.25) is 0 Å². The van der Waals surface area contributed by atoms with Gasteiger partial charge in [-0.3, -0.25) is 0 Å². The van der Waals surface area contributed by atoms with E-state index < -0.39 is 11.3 Å². The fourth-order valence-electron chi connectivity index (χ4n) is 0.893. The standard InChI is InChI=1S/C6H8FN3O3/c7-5(11)1-3-9-4-2-8-6(9)10(12)13/h2,4-5,11H,1,3H2/i7-1. The Balaban J connectivity index is 2.65. The molecule has 0 saturated heterocycles. The second kappa shape index (κ2) is 3.94. The molecule has 1 N–H and O–H groups in total. The summed E-state index contributed by atoms with van der Waals surface area (Å²) in [5.74, 6) is -0.347. The van der Waals surface area contributed by atoms with Gasteiger partial charge in [-0.05, 0) is 4.92 Å². The summed E-state index contributed by atoms with van der Waals surface area (Å²) in [6.45, 7) is 0.0357. The monoisotopic (exact) mass is 188 g/mol. The molecular weight excluding hydrogens is 180 g/mol. The van der Waals surface area contributed by atoms with Crippen molar-refractivity contribution in [1.29, 1.82) is 0 Å². The number of aryl methyl sites for hydroxylation is 1. The first kappa shape index (κ1) is 9.59. The Hall–Kier alpha value is -1.50. The van der Waals surface area contributed by atoms with Crippen LogP contribution in [0.1, 0.15) is 6.42 Å². The van der Waals surface area contributed by atoms with Crippen LogP contribution in [0.5, 0.6) is 0 Å². The summed E-state index contributed by atoms with van der Waals surface area (Å²) in [6.07, 6.45) is 0.475. The van der Waals surface area contributed by atoms with Crippen molar-refractivity contribution in [3.05, 3.63) is 22.5 Å². The minimum atomic E-state index is -1.96. The molecule has 7 heteroatoms. The van der Waals surface area contributed by atoms with Crippen molar-refractivity contribution in [2.45, 2.75) is 19.3 Å². The lowest BCUT2D eigenvalue weighted by atomic mass is 10.4. The molecule has 1 heterocycles. The zero-order valence-electron chi connectivity index (χ0n) is 6.63. The fourth-order valence-corrected chi connectivity index (χ4v) is 0.893. The van der Waals surface area contributed by atoms with Gasteiger partial charge in [-0.1, -0.05) is 4.98 Å². The minimum Gasteiger partial charge on any atom is -0.390 e. The first-order valence-electron chi connectivity index (χ1n) is 3.59. The molecule has 0 aliphatic carbocycles. The maximum atomic E-state index is 12.0. The quantitative estimate of drug-likeness (QED) is 0.550. The molecule has 1 unspecified atom stereocenters. The third kappa shape index (κ3) is 2.48. The molecule has 6 nitrogen and oxygen atoms in total. The predicted octanol–water partition coefficient (Wildman–Crippen LogP) is 0.469. The van der Waals surface area contributed by atoms with Crippen LogP contribution in [0.3, 0.4) is 0 Å². The van der Waals surface area contributed by atoms with E-state index in [4.69, 9.17) is 5.11 Å². The number of halogens is 1. The zero-order chi connectivity index (χ0) is 9.84. The molecule has 0 fully saturated rings. The number of nitrogens with zero attached hydrogens (tertiary/aromatic N) is 3. The number of nitro groups is 1. The molecule has 1 atom stereocenters. The van der Waals surface area contributed by atoms with E-state index in [2.05, 4.69) is 4.98 Å². The van der Waals surface area contributed by atoms with Gasteiger partial charge in [0.25, 0.3) is 0 Å². The molecule has 0 amide bonds. The van der Waals surface area contributed by atoms with Gasteiger partial charge in [0.1, 0.15) is 12.4 Å². The number of alkyl halides is 1. The zero-order valence-corrected chi connectivity index (χ0v) is 6.63. The Kier molecular flexibility index (Phi) is 2.91. The molecule has 0 bridgehead atoms. The molecular formula is C6H8FN3O3. The summed E-state index contributed by atoms with van der Waals surface area (Å²) < 4.78 is 13.1. The molecule has 1 rings (SSSR count). The van der Waals surface area contributed by atoms with E-state index in [-0.39, 0.29) is 18.9 Å². The summed E-state index contributed by atoms with van der Waals surface area (Å²) in [5.41, 5.74) is 0. The molecule has 0 aliphatic rings. The largest absolute Gasteiger partial charge is 0.434 e. The lowest BCUT2D eigenvalue weighted by molar-refractivity contribution is -0.396. The normalized spacial score (nSPS) is 12.8. The molecule has 0 saturated carbocycles. The summed E-state index contributed by atoms with van der Waals surface area (Å²) >= 11 is 0. The second-order valence-electron chi connectivity index (χ2n) is 2.40. The van der Waals surface area contributed by atoms with Crippen LogP contribution in [0, 0.1) is 10.1 Å². The van der Waals surface area contributed by atoms with Gasteiger partial charge in [-0.2, -0.15) is 0 Å². The number of rotatable bonds is 4. The number of aromatic nitrogens is 2. The van der Waals surface area contributed by atoms with Crippen LogP contribution in [0.25, 0.3) is 0 Å². The van der Waals surface area contributed by atoms with Crippen molar-refractivity contribution >= 4 is 5.95 Å². The molecule has 1 aromatic rings. The Morgan fingerprint density at radius 1 is 1.85 bits per heavy atom. The number of hydrogen-bond acceptors (Lipinski definition) is 4. The topological polar surface area (TPSA) is 81.2 Å². The third-order valence-corrected chi connectivity index (χ3v) is 1.47. The van der Waals surface area contributed by atoms with Gasteiger partial charge in [0, 0.05) is 6.42 Å². The Morgan fingerprint density at radius 3 is 3.08 bits per heavy atom. The van der Waals surface area contributed by atoms with Crippen molar-refractivity contribution in [1.82, 2.24) is 9.55 Å². The molecule has 72 valence electrons. The van der Waals surface area contributed by atoms with E-state index in [0.717, 1.165) is 0 Å². The first-order valence-corrected chi connectivity index (χ1v) is 3.59. The van der Waals surface area contributed by atoms with E-state index in [1.54, 1.807) is 0 Å². The highest BCUT2D eigenvalue weighted by Gasteiger charge is 2.14. The highest BCUT2D eigenvalue weighted by atomic mass is 18.2.